The van der Waals surface area contributed by atoms with Crippen LogP contribution in [-0.2, 0) is 8.23 Å². The van der Waals surface area contributed by atoms with E-state index < -0.39 is 20.2 Å². The second-order valence-electron chi connectivity index (χ2n) is 4.33. The number of halogens is 2. The van der Waals surface area contributed by atoms with Crippen molar-refractivity contribution in [2.75, 3.05) is 0 Å². The average Bonchev–Trinajstić information content (AvgIpc) is 1.43. The van der Waals surface area contributed by atoms with Crippen molar-refractivity contribution in [1.82, 2.24) is 0 Å². The molecule has 0 saturated carbocycles. The van der Waals surface area contributed by atoms with Crippen LogP contribution < -0.4 is 0 Å². The summed E-state index contributed by atoms with van der Waals surface area (Å²) in [6.45, 7) is 13.1. The van der Waals surface area contributed by atoms with E-state index in [4.69, 9.17) is 8.23 Å². The molecule has 0 heterocycles. The Hall–Kier alpha value is 2.03. The molecule has 0 bridgehead atoms. The van der Waals surface area contributed by atoms with Crippen molar-refractivity contribution in [3.8, 4) is 0 Å². The molecule has 0 aliphatic carbocycles. The molecule has 0 fully saturated rings. The molecule has 0 atom stereocenters. The van der Waals surface area contributed by atoms with Gasteiger partial charge in [0.1, 0.15) is 0 Å². The minimum Gasteiger partial charge on any atom is -0.428 e. The fourth-order valence-corrected chi connectivity index (χ4v) is 20.6. The predicted molar refractivity (Wildman–Crippen MR) is 82.7 cm³/mol. The van der Waals surface area contributed by atoms with Gasteiger partial charge in [-0.05, 0) is 39.3 Å². The van der Waals surface area contributed by atoms with Gasteiger partial charge in [0.2, 0.25) is 11.6 Å². The number of hydrogen-bond acceptors (Lipinski definition) is 2. The van der Waals surface area contributed by atoms with Crippen LogP contribution in [0.1, 0.15) is 0 Å². The Morgan fingerprint density at radius 1 is 0.692 bits per heavy atom. The van der Waals surface area contributed by atoms with Gasteiger partial charge in [0.05, 0.1) is 0 Å². The van der Waals surface area contributed by atoms with Gasteiger partial charge < -0.3 is 8.23 Å². The van der Waals surface area contributed by atoms with E-state index in [1.54, 1.807) is 0 Å². The first-order chi connectivity index (χ1) is 5.41. The van der Waals surface area contributed by atoms with Crippen LogP contribution in [-0.4, -0.2) is 20.2 Å². The Balaban J connectivity index is 4.25. The maximum Gasteiger partial charge on any atom is 0.312 e. The van der Waals surface area contributed by atoms with Crippen molar-refractivity contribution in [1.29, 1.82) is 0 Å². The summed E-state index contributed by atoms with van der Waals surface area (Å²) < 4.78 is 12.1. The molecule has 2 nitrogen and oxygen atoms in total. The highest BCUT2D eigenvalue weighted by Crippen LogP contribution is 2.26. The standard InChI is InChI=1S/C6H18I2O2Si3/c1-11(2,7)9-13(5,6)10-12(3,4)8/h1-6H3. The van der Waals surface area contributed by atoms with Gasteiger partial charge in [-0.15, -0.1) is 0 Å². The normalized spacial score (nSPS) is 14.8. The van der Waals surface area contributed by atoms with Gasteiger partial charge in [0.25, 0.3) is 0 Å². The first-order valence-corrected chi connectivity index (χ1v) is 19.1. The van der Waals surface area contributed by atoms with Crippen LogP contribution in [0.15, 0.2) is 0 Å². The van der Waals surface area contributed by atoms with Crippen molar-refractivity contribution in [2.24, 2.45) is 0 Å². The van der Waals surface area contributed by atoms with Crippen molar-refractivity contribution < 1.29 is 8.23 Å². The topological polar surface area (TPSA) is 18.5 Å². The lowest BCUT2D eigenvalue weighted by atomic mass is 11.9. The second kappa shape index (κ2) is 4.91. The molecule has 0 aliphatic heterocycles. The summed E-state index contributed by atoms with van der Waals surface area (Å²) in [5, 5.41) is 0. The molecule has 0 aromatic heterocycles. The molecule has 0 radical (unpaired) electrons. The van der Waals surface area contributed by atoms with E-state index in [2.05, 4.69) is 82.9 Å². The van der Waals surface area contributed by atoms with E-state index in [-0.39, 0.29) is 0 Å². The number of rotatable bonds is 4. The quantitative estimate of drug-likeness (QED) is 0.359. The van der Waals surface area contributed by atoms with Crippen LogP contribution >= 0.6 is 43.6 Å². The van der Waals surface area contributed by atoms with Crippen molar-refractivity contribution in [2.45, 2.75) is 39.3 Å². The second-order valence-corrected chi connectivity index (χ2v) is 29.8. The maximum absolute atomic E-state index is 6.07. The Kier molecular flexibility index (Phi) is 5.68. The largest absolute Gasteiger partial charge is 0.428 e. The SMILES string of the molecule is C[Si](C)(I)O[Si](C)(C)O[Si](C)(C)I. The van der Waals surface area contributed by atoms with E-state index >= 15 is 0 Å². The molecular formula is C6H18I2O2Si3. The van der Waals surface area contributed by atoms with Crippen molar-refractivity contribution >= 4 is 63.8 Å². The summed E-state index contributed by atoms with van der Waals surface area (Å²) in [4.78, 5) is 0. The van der Waals surface area contributed by atoms with Crippen LogP contribution in [0.5, 0.6) is 0 Å². The lowest BCUT2D eigenvalue weighted by Gasteiger charge is -2.34. The summed E-state index contributed by atoms with van der Waals surface area (Å²) in [5.74, 6) is -2.93. The van der Waals surface area contributed by atoms with Gasteiger partial charge in [-0.1, -0.05) is 43.6 Å². The molecule has 0 aromatic rings. The highest BCUT2D eigenvalue weighted by Gasteiger charge is 2.37. The van der Waals surface area contributed by atoms with E-state index in [0.717, 1.165) is 0 Å². The van der Waals surface area contributed by atoms with Gasteiger partial charge in [0, 0.05) is 0 Å². The molecule has 0 N–H and O–H groups in total. The van der Waals surface area contributed by atoms with Crippen LogP contribution in [0, 0.1) is 0 Å². The first kappa shape index (κ1) is 15.0. The molecule has 0 unspecified atom stereocenters. The molecular weight excluding hydrogens is 442 g/mol. The van der Waals surface area contributed by atoms with E-state index in [9.17, 15) is 0 Å². The molecule has 0 aliphatic rings. The Bertz CT molecular complexity index is 156. The third-order valence-electron chi connectivity index (χ3n) is 0.977. The smallest absolute Gasteiger partial charge is 0.312 e. The molecule has 0 rings (SSSR count). The zero-order valence-electron chi connectivity index (χ0n) is 9.07. The Morgan fingerprint density at radius 2 is 0.923 bits per heavy atom. The third-order valence-corrected chi connectivity index (χ3v) is 12.8. The molecule has 0 saturated heterocycles. The molecule has 0 spiro atoms. The summed E-state index contributed by atoms with van der Waals surface area (Å²) in [5.41, 5.74) is 0. The van der Waals surface area contributed by atoms with Crippen LogP contribution in [0.3, 0.4) is 0 Å². The maximum atomic E-state index is 6.07. The fraction of sp³-hybridized carbons (Fsp3) is 1.00. The van der Waals surface area contributed by atoms with Gasteiger partial charge in [-0.2, -0.15) is 0 Å². The monoisotopic (exact) mass is 460 g/mol. The third kappa shape index (κ3) is 10.3. The molecule has 80 valence electrons. The van der Waals surface area contributed by atoms with Gasteiger partial charge >= 0.3 is 8.56 Å². The lowest BCUT2D eigenvalue weighted by Crippen LogP contribution is -2.48. The Labute approximate surface area is 110 Å². The zero-order chi connectivity index (χ0) is 10.9. The zero-order valence-corrected chi connectivity index (χ0v) is 16.4. The first-order valence-electron chi connectivity index (χ1n) is 4.19. The minimum absolute atomic E-state index is 1.47. The average molecular weight is 460 g/mol. The van der Waals surface area contributed by atoms with Crippen LogP contribution in [0.2, 0.25) is 39.3 Å². The highest BCUT2D eigenvalue weighted by molar-refractivity contribution is 14.1. The molecule has 13 heavy (non-hydrogen) atoms. The minimum atomic E-state index is -1.87. The molecule has 0 amide bonds. The van der Waals surface area contributed by atoms with E-state index in [0.29, 0.717) is 0 Å². The van der Waals surface area contributed by atoms with E-state index in [1.165, 1.54) is 0 Å². The van der Waals surface area contributed by atoms with Crippen molar-refractivity contribution in [3.05, 3.63) is 0 Å². The van der Waals surface area contributed by atoms with Crippen LogP contribution in [0.25, 0.3) is 0 Å². The van der Waals surface area contributed by atoms with Gasteiger partial charge in [-0.25, -0.2) is 0 Å². The summed E-state index contributed by atoms with van der Waals surface area (Å²) in [6.07, 6.45) is 0. The van der Waals surface area contributed by atoms with Crippen molar-refractivity contribution in [3.63, 3.8) is 0 Å². The fourth-order valence-electron chi connectivity index (χ4n) is 1.19. The molecule has 0 aromatic carbocycles. The van der Waals surface area contributed by atoms with Crippen LogP contribution in [0.4, 0.5) is 0 Å². The summed E-state index contributed by atoms with van der Waals surface area (Å²) >= 11 is 4.88. The Morgan fingerprint density at radius 3 is 1.08 bits per heavy atom. The molecule has 7 heteroatoms. The van der Waals surface area contributed by atoms with Gasteiger partial charge in [-0.3, -0.25) is 0 Å². The summed E-state index contributed by atoms with van der Waals surface area (Å²) in [6, 6.07) is 0. The van der Waals surface area contributed by atoms with Gasteiger partial charge in [0.15, 0.2) is 0 Å². The lowest BCUT2D eigenvalue weighted by molar-refractivity contribution is 0.412. The predicted octanol–water partition coefficient (Wildman–Crippen LogP) is 4.00. The van der Waals surface area contributed by atoms with E-state index in [1.807, 2.05) is 0 Å². The summed E-state index contributed by atoms with van der Waals surface area (Å²) in [7, 11) is -1.87. The number of hydrogen-bond donors (Lipinski definition) is 0. The highest BCUT2D eigenvalue weighted by atomic mass is 127.